The lowest BCUT2D eigenvalue weighted by atomic mass is 9.64. The van der Waals surface area contributed by atoms with Crippen molar-refractivity contribution < 1.29 is 24.4 Å². The molecule has 1 amide bonds. The number of benzene rings is 1. The molecule has 1 aliphatic rings. The minimum absolute atomic E-state index is 0.0953. The summed E-state index contributed by atoms with van der Waals surface area (Å²) in [6, 6.07) is 5.16. The van der Waals surface area contributed by atoms with Gasteiger partial charge in [0.2, 0.25) is 5.78 Å². The molecule has 0 aliphatic carbocycles. The lowest BCUT2D eigenvalue weighted by Crippen LogP contribution is -2.38. The number of nitrogens with zero attached hydrogens (tertiary/aromatic N) is 1. The van der Waals surface area contributed by atoms with Crippen LogP contribution in [0.3, 0.4) is 0 Å². The summed E-state index contributed by atoms with van der Waals surface area (Å²) >= 11 is 0. The monoisotopic (exact) mass is 303 g/mol. The van der Waals surface area contributed by atoms with Crippen molar-refractivity contribution in [2.75, 3.05) is 14.1 Å². The van der Waals surface area contributed by atoms with Crippen molar-refractivity contribution in [3.05, 3.63) is 35.9 Å². The van der Waals surface area contributed by atoms with E-state index in [0.717, 1.165) is 5.56 Å². The maximum absolute atomic E-state index is 11.9. The maximum atomic E-state index is 11.9. The predicted octanol–water partition coefficient (Wildman–Crippen LogP) is 1.05. The third kappa shape index (κ3) is 3.14. The van der Waals surface area contributed by atoms with E-state index >= 15 is 0 Å². The van der Waals surface area contributed by atoms with Crippen LogP contribution in [0.15, 0.2) is 24.8 Å². The molecule has 116 valence electrons. The van der Waals surface area contributed by atoms with Crippen molar-refractivity contribution in [2.45, 2.75) is 18.7 Å². The predicted molar refractivity (Wildman–Crippen MR) is 82.5 cm³/mol. The van der Waals surface area contributed by atoms with Gasteiger partial charge >= 0.3 is 7.12 Å². The Morgan fingerprint density at radius 2 is 2.14 bits per heavy atom. The van der Waals surface area contributed by atoms with Crippen LogP contribution < -0.4 is 4.65 Å². The molecular weight excluding hydrogens is 285 g/mol. The molecule has 0 unspecified atom stereocenters. The Morgan fingerprint density at radius 1 is 1.45 bits per heavy atom. The first-order valence-corrected chi connectivity index (χ1v) is 6.90. The molecule has 2 rings (SSSR count). The lowest BCUT2D eigenvalue weighted by Gasteiger charge is -2.28. The van der Waals surface area contributed by atoms with E-state index in [-0.39, 0.29) is 12.2 Å². The summed E-state index contributed by atoms with van der Waals surface area (Å²) in [5, 5.41) is 19.6. The Bertz CT molecular complexity index is 628. The number of aliphatic hydroxyl groups excluding tert-OH is 1. The number of likely N-dealkylation sites (N-methyl/N-ethyl adjacent to an activating group) is 1. The fraction of sp³-hybridized carbons (Fsp3) is 0.333. The average molecular weight is 303 g/mol. The zero-order valence-electron chi connectivity index (χ0n) is 12.6. The standard InChI is InChI=1S/C15H18BNO5/c1-9(18)12-6-4-5-10-7-11(16(21)22-14(10)12)8-13(19)15(20)17(2)3/h4-6,11,18,21H,1,7-8H2,2-3H3/t11-/m1/s1. The topological polar surface area (TPSA) is 87.1 Å². The normalized spacial score (nSPS) is 16.5. The number of para-hydroxylation sites is 1. The summed E-state index contributed by atoms with van der Waals surface area (Å²) in [7, 11) is 1.79. The second-order valence-corrected chi connectivity index (χ2v) is 5.54. The van der Waals surface area contributed by atoms with E-state index < -0.39 is 24.6 Å². The average Bonchev–Trinajstić information content (AvgIpc) is 2.46. The Labute approximate surface area is 129 Å². The van der Waals surface area contributed by atoms with Crippen LogP contribution in [0.25, 0.3) is 5.76 Å². The molecule has 0 radical (unpaired) electrons. The number of carbonyl (C=O) groups excluding carboxylic acids is 2. The first kappa shape index (κ1) is 16.1. The van der Waals surface area contributed by atoms with E-state index in [0.29, 0.717) is 17.7 Å². The Morgan fingerprint density at radius 3 is 2.73 bits per heavy atom. The van der Waals surface area contributed by atoms with Gasteiger partial charge in [0.05, 0.1) is 5.56 Å². The number of carbonyl (C=O) groups is 2. The van der Waals surface area contributed by atoms with Crippen LogP contribution in [0.2, 0.25) is 5.82 Å². The van der Waals surface area contributed by atoms with E-state index in [4.69, 9.17) is 4.65 Å². The largest absolute Gasteiger partial charge is 0.535 e. The summed E-state index contributed by atoms with van der Waals surface area (Å²) in [4.78, 5) is 24.7. The zero-order chi connectivity index (χ0) is 16.4. The fourth-order valence-corrected chi connectivity index (χ4v) is 2.46. The van der Waals surface area contributed by atoms with Crippen molar-refractivity contribution in [3.63, 3.8) is 0 Å². The summed E-state index contributed by atoms with van der Waals surface area (Å²) in [5.41, 5.74) is 1.17. The molecule has 0 fully saturated rings. The highest BCUT2D eigenvalue weighted by Gasteiger charge is 2.38. The summed E-state index contributed by atoms with van der Waals surface area (Å²) in [5.74, 6) is -1.46. The molecule has 0 aromatic heterocycles. The molecule has 7 heteroatoms. The van der Waals surface area contributed by atoms with Gasteiger partial charge in [0, 0.05) is 26.3 Å². The molecule has 0 spiro atoms. The lowest BCUT2D eigenvalue weighted by molar-refractivity contribution is -0.143. The van der Waals surface area contributed by atoms with Crippen LogP contribution in [-0.4, -0.2) is 47.9 Å². The van der Waals surface area contributed by atoms with Gasteiger partial charge in [-0.05, 0) is 18.1 Å². The maximum Gasteiger partial charge on any atom is 0.526 e. The molecule has 1 heterocycles. The van der Waals surface area contributed by atoms with Crippen LogP contribution in [-0.2, 0) is 16.0 Å². The van der Waals surface area contributed by atoms with Gasteiger partial charge < -0.3 is 19.7 Å². The highest BCUT2D eigenvalue weighted by molar-refractivity contribution is 6.48. The van der Waals surface area contributed by atoms with Gasteiger partial charge in [0.1, 0.15) is 11.5 Å². The van der Waals surface area contributed by atoms with Gasteiger partial charge in [-0.15, -0.1) is 0 Å². The Balaban J connectivity index is 2.19. The van der Waals surface area contributed by atoms with Crippen LogP contribution in [0.5, 0.6) is 5.75 Å². The van der Waals surface area contributed by atoms with Gasteiger partial charge in [0.25, 0.3) is 5.91 Å². The summed E-state index contributed by atoms with van der Waals surface area (Å²) in [6.07, 6.45) is 0.284. The first-order valence-electron chi connectivity index (χ1n) is 6.90. The van der Waals surface area contributed by atoms with Crippen LogP contribution in [0.1, 0.15) is 17.5 Å². The van der Waals surface area contributed by atoms with Gasteiger partial charge in [-0.1, -0.05) is 18.7 Å². The van der Waals surface area contributed by atoms with E-state index in [2.05, 4.69) is 6.58 Å². The second-order valence-electron chi connectivity index (χ2n) is 5.54. The van der Waals surface area contributed by atoms with E-state index in [1.807, 2.05) is 0 Å². The van der Waals surface area contributed by atoms with Crippen molar-refractivity contribution in [1.29, 1.82) is 0 Å². The number of amides is 1. The van der Waals surface area contributed by atoms with Gasteiger partial charge in [-0.25, -0.2) is 0 Å². The molecule has 1 atom stereocenters. The molecule has 1 aromatic rings. The molecule has 0 saturated carbocycles. The van der Waals surface area contributed by atoms with E-state index in [1.54, 1.807) is 18.2 Å². The number of hydrogen-bond donors (Lipinski definition) is 2. The zero-order valence-corrected chi connectivity index (χ0v) is 12.6. The third-order valence-corrected chi connectivity index (χ3v) is 3.62. The van der Waals surface area contributed by atoms with Crippen LogP contribution in [0, 0.1) is 0 Å². The minimum atomic E-state index is -1.22. The van der Waals surface area contributed by atoms with E-state index in [9.17, 15) is 19.7 Å². The highest BCUT2D eigenvalue weighted by atomic mass is 16.5. The SMILES string of the molecule is C=C(O)c1cccc2c1OB(O)[C@@H](CC(=O)C(=O)N(C)C)C2. The van der Waals surface area contributed by atoms with Crippen molar-refractivity contribution in [3.8, 4) is 5.75 Å². The molecule has 6 nitrogen and oxygen atoms in total. The van der Waals surface area contributed by atoms with Gasteiger partial charge in [-0.2, -0.15) is 0 Å². The van der Waals surface area contributed by atoms with Crippen molar-refractivity contribution in [1.82, 2.24) is 4.90 Å². The quantitative estimate of drug-likeness (QED) is 0.493. The van der Waals surface area contributed by atoms with E-state index in [1.165, 1.54) is 19.0 Å². The number of rotatable bonds is 4. The Kier molecular flexibility index (Phi) is 4.56. The number of hydrogen-bond acceptors (Lipinski definition) is 5. The van der Waals surface area contributed by atoms with Crippen LogP contribution >= 0.6 is 0 Å². The first-order chi connectivity index (χ1) is 10.3. The highest BCUT2D eigenvalue weighted by Crippen LogP contribution is 2.37. The molecule has 0 bridgehead atoms. The summed E-state index contributed by atoms with van der Waals surface area (Å²) < 4.78 is 5.44. The third-order valence-electron chi connectivity index (χ3n) is 3.62. The summed E-state index contributed by atoms with van der Waals surface area (Å²) in [6.45, 7) is 3.46. The van der Waals surface area contributed by atoms with Crippen LogP contribution in [0.4, 0.5) is 0 Å². The smallest absolute Gasteiger partial charge is 0.526 e. The molecule has 1 aromatic carbocycles. The number of aliphatic hydroxyl groups is 1. The molecule has 2 N–H and O–H groups in total. The minimum Gasteiger partial charge on any atom is -0.535 e. The van der Waals surface area contributed by atoms with Crippen molar-refractivity contribution in [2.24, 2.45) is 0 Å². The fourth-order valence-electron chi connectivity index (χ4n) is 2.46. The molecule has 1 aliphatic heterocycles. The molecule has 22 heavy (non-hydrogen) atoms. The number of Topliss-reactive ketones (excluding diaryl/α,β-unsaturated/α-hetero) is 1. The number of ketones is 1. The van der Waals surface area contributed by atoms with Gasteiger partial charge in [0.15, 0.2) is 0 Å². The second kappa shape index (κ2) is 6.23. The molecule has 0 saturated heterocycles. The number of fused-ring (bicyclic) bond motifs is 1. The van der Waals surface area contributed by atoms with Gasteiger partial charge in [-0.3, -0.25) is 9.59 Å². The Hall–Kier alpha value is -2.28. The molecular formula is C15H18BNO5. The van der Waals surface area contributed by atoms with Crippen molar-refractivity contribution >= 4 is 24.6 Å².